The van der Waals surface area contributed by atoms with Gasteiger partial charge in [-0.1, -0.05) is 24.3 Å². The van der Waals surface area contributed by atoms with Gasteiger partial charge in [-0.05, 0) is 36.4 Å². The second-order valence-corrected chi connectivity index (χ2v) is 6.01. The molecule has 1 N–H and O–H groups in total. The highest BCUT2D eigenvalue weighted by atomic mass is 16.5. The van der Waals surface area contributed by atoms with Gasteiger partial charge in [0, 0.05) is 18.0 Å². The van der Waals surface area contributed by atoms with E-state index in [1.54, 1.807) is 67.9 Å². The normalized spacial score (nSPS) is 10.6. The van der Waals surface area contributed by atoms with E-state index >= 15 is 0 Å². The van der Waals surface area contributed by atoms with Crippen LogP contribution >= 0.6 is 0 Å². The molecule has 0 aliphatic heterocycles. The number of rotatable bonds is 4. The molecule has 0 saturated carbocycles. The maximum atomic E-state index is 13.1. The van der Waals surface area contributed by atoms with E-state index in [0.717, 1.165) is 4.68 Å². The van der Waals surface area contributed by atoms with Crippen molar-refractivity contribution in [2.45, 2.75) is 0 Å². The van der Waals surface area contributed by atoms with E-state index in [1.807, 2.05) is 6.07 Å². The first-order valence-electron chi connectivity index (χ1n) is 8.55. The monoisotopic (exact) mass is 372 g/mol. The van der Waals surface area contributed by atoms with Crippen LogP contribution in [0.3, 0.4) is 0 Å². The summed E-state index contributed by atoms with van der Waals surface area (Å²) in [5.41, 5.74) is 3.78. The lowest BCUT2D eigenvalue weighted by atomic mass is 10.1. The second kappa shape index (κ2) is 7.32. The van der Waals surface area contributed by atoms with E-state index in [0.29, 0.717) is 33.6 Å². The summed E-state index contributed by atoms with van der Waals surface area (Å²) in [6, 6.07) is 17.4. The van der Waals surface area contributed by atoms with Crippen molar-refractivity contribution in [2.24, 2.45) is 0 Å². The van der Waals surface area contributed by atoms with Crippen LogP contribution in [-0.4, -0.2) is 27.7 Å². The number of pyridine rings is 1. The number of ether oxygens (including phenoxy) is 1. The van der Waals surface area contributed by atoms with E-state index in [9.17, 15) is 9.59 Å². The lowest BCUT2D eigenvalue weighted by Gasteiger charge is -2.15. The van der Waals surface area contributed by atoms with Gasteiger partial charge >= 0.3 is 0 Å². The highest BCUT2D eigenvalue weighted by Crippen LogP contribution is 2.22. The molecule has 0 aliphatic carbocycles. The van der Waals surface area contributed by atoms with Crippen LogP contribution < -0.4 is 15.7 Å². The average Bonchev–Trinajstić information content (AvgIpc) is 2.76. The standard InChI is InChI=1S/C21H16N4O3/c1-28-16-8-4-6-14(12-16)19-23-18-10-3-2-9-17(18)21(27)25(19)24-20(26)15-7-5-11-22-13-15/h2-13H,1H3,(H,24,26). The molecule has 7 heteroatoms. The number of aromatic nitrogens is 3. The van der Waals surface area contributed by atoms with Crippen molar-refractivity contribution in [3.8, 4) is 17.1 Å². The van der Waals surface area contributed by atoms with Crippen molar-refractivity contribution < 1.29 is 9.53 Å². The Kier molecular flexibility index (Phi) is 4.55. The number of carbonyl (C=O) groups excluding carboxylic acids is 1. The molecular weight excluding hydrogens is 356 g/mol. The molecule has 0 unspecified atom stereocenters. The van der Waals surface area contributed by atoms with E-state index in [-0.39, 0.29) is 5.56 Å². The summed E-state index contributed by atoms with van der Waals surface area (Å²) in [5.74, 6) is 0.460. The minimum absolute atomic E-state index is 0.305. The molecular formula is C21H16N4O3. The van der Waals surface area contributed by atoms with Crippen LogP contribution in [0.4, 0.5) is 0 Å². The van der Waals surface area contributed by atoms with Gasteiger partial charge in [0.15, 0.2) is 5.82 Å². The molecule has 4 rings (SSSR count). The van der Waals surface area contributed by atoms with Crippen LogP contribution in [0, 0.1) is 0 Å². The summed E-state index contributed by atoms with van der Waals surface area (Å²) in [5, 5.41) is 0.403. The molecule has 0 atom stereocenters. The Bertz CT molecular complexity index is 1220. The molecule has 1 amide bonds. The zero-order chi connectivity index (χ0) is 19.5. The molecule has 0 radical (unpaired) electrons. The smallest absolute Gasteiger partial charge is 0.280 e. The van der Waals surface area contributed by atoms with Gasteiger partial charge in [-0.25, -0.2) is 4.98 Å². The van der Waals surface area contributed by atoms with E-state index < -0.39 is 5.91 Å². The predicted molar refractivity (Wildman–Crippen MR) is 106 cm³/mol. The maximum Gasteiger partial charge on any atom is 0.280 e. The van der Waals surface area contributed by atoms with Gasteiger partial charge in [0.1, 0.15) is 5.75 Å². The Labute approximate surface area is 160 Å². The molecule has 0 aliphatic rings. The first-order valence-corrected chi connectivity index (χ1v) is 8.55. The number of benzene rings is 2. The maximum absolute atomic E-state index is 13.1. The summed E-state index contributed by atoms with van der Waals surface area (Å²) in [6.07, 6.45) is 3.00. The van der Waals surface area contributed by atoms with Crippen LogP contribution in [0.5, 0.6) is 5.75 Å². The zero-order valence-electron chi connectivity index (χ0n) is 15.0. The Morgan fingerprint density at radius 1 is 1.07 bits per heavy atom. The summed E-state index contributed by atoms with van der Waals surface area (Å²) in [4.78, 5) is 34.3. The van der Waals surface area contributed by atoms with Gasteiger partial charge in [-0.2, -0.15) is 4.68 Å². The lowest BCUT2D eigenvalue weighted by Crippen LogP contribution is -2.35. The summed E-state index contributed by atoms with van der Waals surface area (Å²) >= 11 is 0. The fraction of sp³-hybridized carbons (Fsp3) is 0.0476. The van der Waals surface area contributed by atoms with Crippen LogP contribution in [-0.2, 0) is 0 Å². The fourth-order valence-electron chi connectivity index (χ4n) is 2.86. The number of amides is 1. The Morgan fingerprint density at radius 2 is 1.93 bits per heavy atom. The lowest BCUT2D eigenvalue weighted by molar-refractivity contribution is 0.101. The second-order valence-electron chi connectivity index (χ2n) is 6.01. The molecule has 138 valence electrons. The minimum Gasteiger partial charge on any atom is -0.497 e. The number of nitrogens with zero attached hydrogens (tertiary/aromatic N) is 3. The van der Waals surface area contributed by atoms with Gasteiger partial charge in [0.05, 0.1) is 23.6 Å². The van der Waals surface area contributed by atoms with Gasteiger partial charge in [-0.15, -0.1) is 0 Å². The molecule has 0 saturated heterocycles. The quantitative estimate of drug-likeness (QED) is 0.595. The molecule has 0 bridgehead atoms. The predicted octanol–water partition coefficient (Wildman–Crippen LogP) is 2.85. The molecule has 7 nitrogen and oxygen atoms in total. The largest absolute Gasteiger partial charge is 0.497 e. The summed E-state index contributed by atoms with van der Waals surface area (Å²) in [7, 11) is 1.56. The molecule has 4 aromatic rings. The minimum atomic E-state index is -0.462. The number of fused-ring (bicyclic) bond motifs is 1. The van der Waals surface area contributed by atoms with Crippen LogP contribution in [0.1, 0.15) is 10.4 Å². The highest BCUT2D eigenvalue weighted by Gasteiger charge is 2.16. The number of hydrogen-bond acceptors (Lipinski definition) is 5. The van der Waals surface area contributed by atoms with Crippen molar-refractivity contribution in [3.63, 3.8) is 0 Å². The Morgan fingerprint density at radius 3 is 2.71 bits per heavy atom. The number of nitrogens with one attached hydrogen (secondary N) is 1. The number of hydrogen-bond donors (Lipinski definition) is 1. The number of carbonyl (C=O) groups is 1. The number of para-hydroxylation sites is 1. The molecule has 2 aromatic heterocycles. The van der Waals surface area contributed by atoms with E-state index in [4.69, 9.17) is 4.74 Å². The van der Waals surface area contributed by atoms with Crippen LogP contribution in [0.25, 0.3) is 22.3 Å². The molecule has 0 spiro atoms. The van der Waals surface area contributed by atoms with Gasteiger partial charge in [-0.3, -0.25) is 20.0 Å². The third kappa shape index (κ3) is 3.21. The van der Waals surface area contributed by atoms with Crippen molar-refractivity contribution in [1.29, 1.82) is 0 Å². The van der Waals surface area contributed by atoms with Crippen molar-refractivity contribution in [1.82, 2.24) is 14.6 Å². The van der Waals surface area contributed by atoms with Crippen molar-refractivity contribution >= 4 is 16.8 Å². The third-order valence-corrected chi connectivity index (χ3v) is 4.24. The summed E-state index contributed by atoms with van der Waals surface area (Å²) in [6.45, 7) is 0. The Balaban J connectivity index is 1.91. The van der Waals surface area contributed by atoms with E-state index in [1.165, 1.54) is 6.20 Å². The van der Waals surface area contributed by atoms with Crippen molar-refractivity contribution in [3.05, 3.63) is 89.0 Å². The van der Waals surface area contributed by atoms with Crippen LogP contribution in [0.15, 0.2) is 77.9 Å². The zero-order valence-corrected chi connectivity index (χ0v) is 15.0. The molecule has 2 aromatic carbocycles. The molecule has 0 fully saturated rings. The Hall–Kier alpha value is -4.00. The SMILES string of the molecule is COc1cccc(-c2nc3ccccc3c(=O)n2NC(=O)c2cccnc2)c1. The van der Waals surface area contributed by atoms with Gasteiger partial charge < -0.3 is 4.74 Å². The average molecular weight is 372 g/mol. The van der Waals surface area contributed by atoms with Crippen molar-refractivity contribution in [2.75, 3.05) is 12.5 Å². The topological polar surface area (TPSA) is 86.1 Å². The number of methoxy groups -OCH3 is 1. The van der Waals surface area contributed by atoms with Gasteiger partial charge in [0.25, 0.3) is 11.5 Å². The molecule has 2 heterocycles. The third-order valence-electron chi connectivity index (χ3n) is 4.24. The fourth-order valence-corrected chi connectivity index (χ4v) is 2.86. The van der Waals surface area contributed by atoms with Gasteiger partial charge in [0.2, 0.25) is 0 Å². The molecule has 28 heavy (non-hydrogen) atoms. The van der Waals surface area contributed by atoms with E-state index in [2.05, 4.69) is 15.4 Å². The first-order chi connectivity index (χ1) is 13.7. The first kappa shape index (κ1) is 17.4. The van der Waals surface area contributed by atoms with Crippen LogP contribution in [0.2, 0.25) is 0 Å². The highest BCUT2D eigenvalue weighted by molar-refractivity contribution is 6.00. The summed E-state index contributed by atoms with van der Waals surface area (Å²) < 4.78 is 6.43.